The number of hydrogen-bond donors (Lipinski definition) is 1. The Balaban J connectivity index is 1.96. The van der Waals surface area contributed by atoms with Gasteiger partial charge in [0.15, 0.2) is 0 Å². The highest BCUT2D eigenvalue weighted by Crippen LogP contribution is 2.29. The second-order valence-electron chi connectivity index (χ2n) is 4.19. The van der Waals surface area contributed by atoms with Gasteiger partial charge in [-0.25, -0.2) is 4.98 Å². The van der Waals surface area contributed by atoms with Crippen LogP contribution in [0, 0.1) is 0 Å². The van der Waals surface area contributed by atoms with Crippen LogP contribution in [0.5, 0.6) is 5.88 Å². The predicted octanol–water partition coefficient (Wildman–Crippen LogP) is 3.14. The SMILES string of the molecule is NCc1ccc(OCc2ccc(C(F)(F)F)cc2)nc1. The van der Waals surface area contributed by atoms with Crippen molar-refractivity contribution in [3.05, 3.63) is 59.3 Å². The number of benzene rings is 1. The molecule has 20 heavy (non-hydrogen) atoms. The Kier molecular flexibility index (Phi) is 4.24. The van der Waals surface area contributed by atoms with Crippen molar-refractivity contribution >= 4 is 0 Å². The van der Waals surface area contributed by atoms with Crippen molar-refractivity contribution in [1.82, 2.24) is 4.98 Å². The lowest BCUT2D eigenvalue weighted by Crippen LogP contribution is -2.05. The zero-order valence-electron chi connectivity index (χ0n) is 10.5. The van der Waals surface area contributed by atoms with Gasteiger partial charge in [-0.05, 0) is 23.3 Å². The molecule has 0 saturated carbocycles. The third-order valence-corrected chi connectivity index (χ3v) is 2.70. The summed E-state index contributed by atoms with van der Waals surface area (Å²) in [7, 11) is 0. The zero-order valence-corrected chi connectivity index (χ0v) is 10.5. The van der Waals surface area contributed by atoms with E-state index in [-0.39, 0.29) is 6.61 Å². The number of nitrogens with two attached hydrogens (primary N) is 1. The smallest absolute Gasteiger partial charge is 0.416 e. The van der Waals surface area contributed by atoms with E-state index < -0.39 is 11.7 Å². The molecule has 0 amide bonds. The van der Waals surface area contributed by atoms with Crippen molar-refractivity contribution in [3.8, 4) is 5.88 Å². The first-order chi connectivity index (χ1) is 9.49. The van der Waals surface area contributed by atoms with E-state index in [0.29, 0.717) is 18.0 Å². The van der Waals surface area contributed by atoms with E-state index >= 15 is 0 Å². The Morgan fingerprint density at radius 3 is 2.15 bits per heavy atom. The summed E-state index contributed by atoms with van der Waals surface area (Å²) in [6.07, 6.45) is -2.72. The fourth-order valence-electron chi connectivity index (χ4n) is 1.56. The number of pyridine rings is 1. The minimum absolute atomic E-state index is 0.160. The van der Waals surface area contributed by atoms with E-state index in [1.165, 1.54) is 12.1 Å². The summed E-state index contributed by atoms with van der Waals surface area (Å²) in [5, 5.41) is 0. The van der Waals surface area contributed by atoms with Gasteiger partial charge in [-0.15, -0.1) is 0 Å². The second-order valence-corrected chi connectivity index (χ2v) is 4.19. The average Bonchev–Trinajstić information content (AvgIpc) is 2.45. The fourth-order valence-corrected chi connectivity index (χ4v) is 1.56. The number of nitrogens with zero attached hydrogens (tertiary/aromatic N) is 1. The van der Waals surface area contributed by atoms with Crippen LogP contribution in [0.25, 0.3) is 0 Å². The second kappa shape index (κ2) is 5.92. The first kappa shape index (κ1) is 14.3. The van der Waals surface area contributed by atoms with E-state index in [2.05, 4.69) is 4.98 Å². The lowest BCUT2D eigenvalue weighted by Gasteiger charge is -2.08. The summed E-state index contributed by atoms with van der Waals surface area (Å²) >= 11 is 0. The van der Waals surface area contributed by atoms with E-state index in [4.69, 9.17) is 10.5 Å². The van der Waals surface area contributed by atoms with Gasteiger partial charge in [0.2, 0.25) is 5.88 Å². The van der Waals surface area contributed by atoms with Crippen molar-refractivity contribution in [2.24, 2.45) is 5.73 Å². The monoisotopic (exact) mass is 282 g/mol. The van der Waals surface area contributed by atoms with Gasteiger partial charge in [-0.1, -0.05) is 18.2 Å². The molecule has 1 heterocycles. The number of aromatic nitrogens is 1. The molecular weight excluding hydrogens is 269 g/mol. The fraction of sp³-hybridized carbons (Fsp3) is 0.214. The Bertz CT molecular complexity index is 550. The third kappa shape index (κ3) is 3.71. The van der Waals surface area contributed by atoms with Crippen LogP contribution in [0.2, 0.25) is 0 Å². The van der Waals surface area contributed by atoms with Crippen LogP contribution >= 0.6 is 0 Å². The van der Waals surface area contributed by atoms with Gasteiger partial charge < -0.3 is 10.5 Å². The maximum Gasteiger partial charge on any atom is 0.416 e. The molecule has 0 atom stereocenters. The van der Waals surface area contributed by atoms with Gasteiger partial charge in [-0.2, -0.15) is 13.2 Å². The number of hydrogen-bond acceptors (Lipinski definition) is 3. The minimum atomic E-state index is -4.32. The van der Waals surface area contributed by atoms with E-state index in [1.54, 1.807) is 18.3 Å². The molecule has 0 bridgehead atoms. The molecule has 0 unspecified atom stereocenters. The van der Waals surface area contributed by atoms with E-state index in [0.717, 1.165) is 17.7 Å². The molecule has 1 aromatic heterocycles. The van der Waals surface area contributed by atoms with Gasteiger partial charge in [-0.3, -0.25) is 0 Å². The molecule has 0 fully saturated rings. The van der Waals surface area contributed by atoms with Crippen LogP contribution in [0.15, 0.2) is 42.6 Å². The number of rotatable bonds is 4. The van der Waals surface area contributed by atoms with Gasteiger partial charge in [0, 0.05) is 18.8 Å². The molecule has 0 spiro atoms. The summed E-state index contributed by atoms with van der Waals surface area (Å²) in [6.45, 7) is 0.555. The van der Waals surface area contributed by atoms with Crippen LogP contribution in [-0.4, -0.2) is 4.98 Å². The molecule has 106 valence electrons. The zero-order chi connectivity index (χ0) is 14.6. The van der Waals surface area contributed by atoms with Crippen LogP contribution in [0.4, 0.5) is 13.2 Å². The summed E-state index contributed by atoms with van der Waals surface area (Å²) in [6, 6.07) is 8.29. The van der Waals surface area contributed by atoms with Crippen LogP contribution in [-0.2, 0) is 19.3 Å². The number of alkyl halides is 3. The van der Waals surface area contributed by atoms with Gasteiger partial charge in [0.1, 0.15) is 6.61 Å². The van der Waals surface area contributed by atoms with E-state index in [1.807, 2.05) is 0 Å². The highest BCUT2D eigenvalue weighted by atomic mass is 19.4. The molecule has 0 aliphatic heterocycles. The van der Waals surface area contributed by atoms with Crippen LogP contribution in [0.3, 0.4) is 0 Å². The molecule has 0 radical (unpaired) electrons. The molecule has 1 aromatic carbocycles. The Morgan fingerprint density at radius 1 is 1.00 bits per heavy atom. The lowest BCUT2D eigenvalue weighted by molar-refractivity contribution is -0.137. The average molecular weight is 282 g/mol. The molecule has 0 aliphatic rings. The molecule has 2 aromatic rings. The molecule has 2 N–H and O–H groups in total. The third-order valence-electron chi connectivity index (χ3n) is 2.70. The largest absolute Gasteiger partial charge is 0.473 e. The van der Waals surface area contributed by atoms with Crippen molar-refractivity contribution in [2.45, 2.75) is 19.3 Å². The van der Waals surface area contributed by atoms with Gasteiger partial charge in [0.25, 0.3) is 0 Å². The van der Waals surface area contributed by atoms with Crippen LogP contribution in [0.1, 0.15) is 16.7 Å². The molecule has 2 rings (SSSR count). The van der Waals surface area contributed by atoms with Crippen molar-refractivity contribution in [1.29, 1.82) is 0 Å². The van der Waals surface area contributed by atoms with Crippen molar-refractivity contribution in [2.75, 3.05) is 0 Å². The van der Waals surface area contributed by atoms with Crippen LogP contribution < -0.4 is 10.5 Å². The summed E-state index contributed by atoms with van der Waals surface area (Å²) in [5.41, 5.74) is 6.29. The lowest BCUT2D eigenvalue weighted by atomic mass is 10.1. The standard InChI is InChI=1S/C14H13F3N2O/c15-14(16,17)12-4-1-10(2-5-12)9-20-13-6-3-11(7-18)8-19-13/h1-6,8H,7,9,18H2. The number of ether oxygens (including phenoxy) is 1. The van der Waals surface area contributed by atoms with Gasteiger partial charge >= 0.3 is 6.18 Å². The Morgan fingerprint density at radius 2 is 1.65 bits per heavy atom. The highest BCUT2D eigenvalue weighted by molar-refractivity contribution is 5.25. The molecule has 0 aliphatic carbocycles. The molecular formula is C14H13F3N2O. The van der Waals surface area contributed by atoms with Gasteiger partial charge in [0.05, 0.1) is 5.56 Å². The minimum Gasteiger partial charge on any atom is -0.473 e. The number of halogens is 3. The molecule has 3 nitrogen and oxygen atoms in total. The predicted molar refractivity (Wildman–Crippen MR) is 67.9 cm³/mol. The summed E-state index contributed by atoms with van der Waals surface area (Å²) in [5.74, 6) is 0.405. The Hall–Kier alpha value is -2.08. The maximum atomic E-state index is 12.4. The maximum absolute atomic E-state index is 12.4. The van der Waals surface area contributed by atoms with E-state index in [9.17, 15) is 13.2 Å². The first-order valence-electron chi connectivity index (χ1n) is 5.93. The topological polar surface area (TPSA) is 48.1 Å². The quantitative estimate of drug-likeness (QED) is 0.937. The first-order valence-corrected chi connectivity index (χ1v) is 5.93. The van der Waals surface area contributed by atoms with Crippen molar-refractivity contribution < 1.29 is 17.9 Å². The summed E-state index contributed by atoms with van der Waals surface area (Å²) < 4.78 is 42.6. The Labute approximate surface area is 114 Å². The highest BCUT2D eigenvalue weighted by Gasteiger charge is 2.29. The molecule has 6 heteroatoms. The summed E-state index contributed by atoms with van der Waals surface area (Å²) in [4.78, 5) is 4.04. The van der Waals surface area contributed by atoms with Crippen molar-refractivity contribution in [3.63, 3.8) is 0 Å². The normalized spacial score (nSPS) is 11.4. The molecule has 0 saturated heterocycles.